The smallest absolute Gasteiger partial charge is 0.241 e. The fourth-order valence-electron chi connectivity index (χ4n) is 1.88. The Bertz CT molecular complexity index is 625. The third-order valence-electron chi connectivity index (χ3n) is 2.89. The highest BCUT2D eigenvalue weighted by molar-refractivity contribution is 9.10. The monoisotopic (exact) mass is 318 g/mol. The summed E-state index contributed by atoms with van der Waals surface area (Å²) in [7, 11) is 0. The number of amides is 1. The summed E-state index contributed by atoms with van der Waals surface area (Å²) >= 11 is 3.50. The maximum absolute atomic E-state index is 11.9. The van der Waals surface area contributed by atoms with Crippen LogP contribution in [-0.2, 0) is 4.79 Å². The molecule has 1 unspecified atom stereocenters. The van der Waals surface area contributed by atoms with Crippen molar-refractivity contribution >= 4 is 38.3 Å². The van der Waals surface area contributed by atoms with Gasteiger partial charge in [-0.2, -0.15) is 0 Å². The van der Waals surface area contributed by atoms with Crippen LogP contribution >= 0.6 is 15.9 Å². The number of fused-ring (bicyclic) bond motifs is 1. The van der Waals surface area contributed by atoms with Gasteiger partial charge in [-0.3, -0.25) is 4.79 Å². The number of benzene rings is 2. The average Bonchev–Trinajstić information content (AvgIpc) is 2.42. The van der Waals surface area contributed by atoms with E-state index < -0.39 is 6.04 Å². The number of hydrogen-bond acceptors (Lipinski definition) is 2. The van der Waals surface area contributed by atoms with E-state index in [2.05, 4.69) is 27.8 Å². The summed E-state index contributed by atoms with van der Waals surface area (Å²) in [5, 5.41) is 4.90. The van der Waals surface area contributed by atoms with Gasteiger partial charge in [0.15, 0.2) is 0 Å². The molecule has 1 amide bonds. The van der Waals surface area contributed by atoms with E-state index in [1.165, 1.54) is 0 Å². The highest BCUT2D eigenvalue weighted by Crippen LogP contribution is 2.29. The van der Waals surface area contributed by atoms with Gasteiger partial charge in [0, 0.05) is 15.5 Å². The van der Waals surface area contributed by atoms with Crippen LogP contribution in [-0.4, -0.2) is 11.9 Å². The SMILES string of the molecule is C=CCC(N)C(=O)Nc1ccc(Br)c2ccccc12. The summed E-state index contributed by atoms with van der Waals surface area (Å²) < 4.78 is 0.997. The van der Waals surface area contributed by atoms with Crippen LogP contribution in [0.15, 0.2) is 53.5 Å². The fraction of sp³-hybridized carbons (Fsp3) is 0.133. The van der Waals surface area contributed by atoms with E-state index in [4.69, 9.17) is 5.73 Å². The minimum absolute atomic E-state index is 0.202. The van der Waals surface area contributed by atoms with Crippen molar-refractivity contribution in [3.63, 3.8) is 0 Å². The van der Waals surface area contributed by atoms with Crippen LogP contribution in [0, 0.1) is 0 Å². The Morgan fingerprint density at radius 1 is 1.32 bits per heavy atom. The lowest BCUT2D eigenvalue weighted by molar-refractivity contribution is -0.117. The molecular formula is C15H15BrN2O. The van der Waals surface area contributed by atoms with Crippen molar-refractivity contribution in [1.82, 2.24) is 0 Å². The molecule has 0 radical (unpaired) electrons. The Morgan fingerprint density at radius 3 is 2.68 bits per heavy atom. The van der Waals surface area contributed by atoms with Crippen molar-refractivity contribution < 1.29 is 4.79 Å². The summed E-state index contributed by atoms with van der Waals surface area (Å²) in [4.78, 5) is 11.9. The van der Waals surface area contributed by atoms with Gasteiger partial charge in [0.1, 0.15) is 0 Å². The van der Waals surface area contributed by atoms with E-state index in [0.717, 1.165) is 20.9 Å². The molecule has 1 atom stereocenters. The lowest BCUT2D eigenvalue weighted by atomic mass is 10.1. The first kappa shape index (κ1) is 13.8. The quantitative estimate of drug-likeness (QED) is 0.848. The van der Waals surface area contributed by atoms with Gasteiger partial charge in [-0.1, -0.05) is 46.3 Å². The number of rotatable bonds is 4. The standard InChI is InChI=1S/C15H15BrN2O/c1-2-5-13(17)15(19)18-14-9-8-12(16)10-6-3-4-7-11(10)14/h2-4,6-9,13H,1,5,17H2,(H,18,19). The zero-order chi connectivity index (χ0) is 13.8. The molecule has 3 N–H and O–H groups in total. The minimum atomic E-state index is -0.570. The van der Waals surface area contributed by atoms with Gasteiger partial charge in [-0.05, 0) is 23.9 Å². The summed E-state index contributed by atoms with van der Waals surface area (Å²) in [5.74, 6) is -0.202. The van der Waals surface area contributed by atoms with Gasteiger partial charge in [-0.15, -0.1) is 6.58 Å². The summed E-state index contributed by atoms with van der Waals surface area (Å²) in [6.07, 6.45) is 2.10. The summed E-state index contributed by atoms with van der Waals surface area (Å²) in [6, 6.07) is 11.1. The highest BCUT2D eigenvalue weighted by atomic mass is 79.9. The maximum atomic E-state index is 11.9. The molecule has 0 fully saturated rings. The molecule has 0 aliphatic heterocycles. The number of anilines is 1. The van der Waals surface area contributed by atoms with Crippen LogP contribution in [0.25, 0.3) is 10.8 Å². The van der Waals surface area contributed by atoms with Crippen LogP contribution in [0.3, 0.4) is 0 Å². The molecule has 2 rings (SSSR count). The van der Waals surface area contributed by atoms with Crippen LogP contribution in [0.1, 0.15) is 6.42 Å². The number of halogens is 1. The lowest BCUT2D eigenvalue weighted by Gasteiger charge is -2.13. The Kier molecular flexibility index (Phi) is 4.35. The van der Waals surface area contributed by atoms with E-state index >= 15 is 0 Å². The molecule has 0 aliphatic rings. The van der Waals surface area contributed by atoms with Crippen LogP contribution < -0.4 is 11.1 Å². The highest BCUT2D eigenvalue weighted by Gasteiger charge is 2.13. The molecule has 19 heavy (non-hydrogen) atoms. The van der Waals surface area contributed by atoms with Crippen molar-refractivity contribution in [2.45, 2.75) is 12.5 Å². The van der Waals surface area contributed by atoms with Gasteiger partial charge < -0.3 is 11.1 Å². The Balaban J connectivity index is 2.33. The Morgan fingerprint density at radius 2 is 2.00 bits per heavy atom. The van der Waals surface area contributed by atoms with Crippen LogP contribution in [0.4, 0.5) is 5.69 Å². The van der Waals surface area contributed by atoms with E-state index in [-0.39, 0.29) is 5.91 Å². The summed E-state index contributed by atoms with van der Waals surface area (Å²) in [6.45, 7) is 3.59. The van der Waals surface area contributed by atoms with Crippen molar-refractivity contribution in [1.29, 1.82) is 0 Å². The van der Waals surface area contributed by atoms with Crippen molar-refractivity contribution in [2.75, 3.05) is 5.32 Å². The molecule has 2 aromatic carbocycles. The molecular weight excluding hydrogens is 304 g/mol. The van der Waals surface area contributed by atoms with Gasteiger partial charge in [0.2, 0.25) is 5.91 Å². The molecule has 0 bridgehead atoms. The number of hydrogen-bond donors (Lipinski definition) is 2. The minimum Gasteiger partial charge on any atom is -0.324 e. The third kappa shape index (κ3) is 3.03. The number of nitrogens with one attached hydrogen (secondary N) is 1. The van der Waals surface area contributed by atoms with E-state index in [0.29, 0.717) is 6.42 Å². The van der Waals surface area contributed by atoms with Gasteiger partial charge in [-0.25, -0.2) is 0 Å². The average molecular weight is 319 g/mol. The first-order valence-electron chi connectivity index (χ1n) is 5.98. The Hall–Kier alpha value is -1.65. The second kappa shape index (κ2) is 5.99. The predicted molar refractivity (Wildman–Crippen MR) is 83.1 cm³/mol. The van der Waals surface area contributed by atoms with E-state index in [1.807, 2.05) is 36.4 Å². The largest absolute Gasteiger partial charge is 0.324 e. The molecule has 0 spiro atoms. The normalized spacial score (nSPS) is 12.1. The molecule has 98 valence electrons. The van der Waals surface area contributed by atoms with Crippen LogP contribution in [0.2, 0.25) is 0 Å². The van der Waals surface area contributed by atoms with Crippen molar-refractivity contribution in [3.05, 3.63) is 53.5 Å². The second-order valence-electron chi connectivity index (χ2n) is 4.26. The van der Waals surface area contributed by atoms with E-state index in [1.54, 1.807) is 6.08 Å². The van der Waals surface area contributed by atoms with Gasteiger partial charge in [0.05, 0.1) is 6.04 Å². The second-order valence-corrected chi connectivity index (χ2v) is 5.11. The topological polar surface area (TPSA) is 55.1 Å². The molecule has 0 aliphatic carbocycles. The molecule has 0 saturated carbocycles. The van der Waals surface area contributed by atoms with Crippen LogP contribution in [0.5, 0.6) is 0 Å². The first-order valence-corrected chi connectivity index (χ1v) is 6.77. The molecule has 2 aromatic rings. The van der Waals surface area contributed by atoms with Crippen molar-refractivity contribution in [3.8, 4) is 0 Å². The number of nitrogens with two attached hydrogens (primary N) is 1. The zero-order valence-electron chi connectivity index (χ0n) is 10.4. The Labute approximate surface area is 120 Å². The molecule has 4 heteroatoms. The molecule has 0 heterocycles. The fourth-order valence-corrected chi connectivity index (χ4v) is 2.36. The number of carbonyl (C=O) groups is 1. The van der Waals surface area contributed by atoms with E-state index in [9.17, 15) is 4.79 Å². The van der Waals surface area contributed by atoms with Gasteiger partial charge >= 0.3 is 0 Å². The lowest BCUT2D eigenvalue weighted by Crippen LogP contribution is -2.35. The van der Waals surface area contributed by atoms with Crippen molar-refractivity contribution in [2.24, 2.45) is 5.73 Å². The first-order chi connectivity index (χ1) is 9.13. The summed E-state index contributed by atoms with van der Waals surface area (Å²) in [5.41, 5.74) is 6.52. The maximum Gasteiger partial charge on any atom is 0.241 e. The molecule has 0 aromatic heterocycles. The number of carbonyl (C=O) groups excluding carboxylic acids is 1. The zero-order valence-corrected chi connectivity index (χ0v) is 12.0. The molecule has 0 saturated heterocycles. The van der Waals surface area contributed by atoms with Gasteiger partial charge in [0.25, 0.3) is 0 Å². The predicted octanol–water partition coefficient (Wildman–Crippen LogP) is 3.44. The molecule has 3 nitrogen and oxygen atoms in total. The third-order valence-corrected chi connectivity index (χ3v) is 3.58.